The third kappa shape index (κ3) is 3.99. The van der Waals surface area contributed by atoms with E-state index in [4.69, 9.17) is 0 Å². The number of pyridine rings is 1. The van der Waals surface area contributed by atoms with Gasteiger partial charge in [-0.3, -0.25) is 9.69 Å². The molecule has 8 heteroatoms. The van der Waals surface area contributed by atoms with Crippen molar-refractivity contribution < 1.29 is 5.11 Å². The number of hydrogen-bond acceptors (Lipinski definition) is 6. The lowest BCUT2D eigenvalue weighted by Crippen LogP contribution is -2.48. The van der Waals surface area contributed by atoms with Crippen LogP contribution in [0, 0.1) is 13.8 Å². The molecule has 0 saturated heterocycles. The number of aliphatic hydroxyl groups excluding tert-OH is 1. The Hall–Kier alpha value is -2.58. The summed E-state index contributed by atoms with van der Waals surface area (Å²) in [6, 6.07) is 6.57. The van der Waals surface area contributed by atoms with Gasteiger partial charge in [0.2, 0.25) is 0 Å². The minimum absolute atomic E-state index is 0.0243. The van der Waals surface area contributed by atoms with Gasteiger partial charge in [-0.15, -0.1) is 5.10 Å². The van der Waals surface area contributed by atoms with E-state index in [-0.39, 0.29) is 17.7 Å². The maximum atomic E-state index is 13.1. The minimum atomic E-state index is -0.362. The normalized spacial score (nSPS) is 18.7. The molecule has 8 nitrogen and oxygen atoms in total. The lowest BCUT2D eigenvalue weighted by Gasteiger charge is -2.40. The molecule has 0 radical (unpaired) electrons. The maximum Gasteiger partial charge on any atom is 0.252 e. The Balaban J connectivity index is 1.56. The monoisotopic (exact) mass is 450 g/mol. The maximum absolute atomic E-state index is 13.1. The fraction of sp³-hybridized carbons (Fsp3) is 0.600. The van der Waals surface area contributed by atoms with Crippen LogP contribution in [0.2, 0.25) is 0 Å². The van der Waals surface area contributed by atoms with E-state index >= 15 is 0 Å². The fourth-order valence-electron chi connectivity index (χ4n) is 6.16. The molecule has 0 amide bonds. The molecule has 0 spiro atoms. The zero-order valence-electron chi connectivity index (χ0n) is 19.7. The Bertz CT molecular complexity index is 1190. The zero-order valence-corrected chi connectivity index (χ0v) is 19.7. The predicted octanol–water partition coefficient (Wildman–Crippen LogP) is 3.51. The fourth-order valence-corrected chi connectivity index (χ4v) is 6.16. The molecule has 2 fully saturated rings. The van der Waals surface area contributed by atoms with Crippen LogP contribution in [0.25, 0.3) is 10.9 Å². The van der Waals surface area contributed by atoms with Crippen LogP contribution in [0.15, 0.2) is 23.0 Å². The first kappa shape index (κ1) is 22.2. The van der Waals surface area contributed by atoms with Gasteiger partial charge in [-0.05, 0) is 73.0 Å². The first-order valence-corrected chi connectivity index (χ1v) is 12.3. The van der Waals surface area contributed by atoms with Crippen molar-refractivity contribution in [3.8, 4) is 0 Å². The Kier molecular flexibility index (Phi) is 6.05. The van der Waals surface area contributed by atoms with Crippen LogP contribution < -0.4 is 5.56 Å². The summed E-state index contributed by atoms with van der Waals surface area (Å²) >= 11 is 0. The van der Waals surface area contributed by atoms with Gasteiger partial charge in [0.15, 0.2) is 5.82 Å². The number of aromatic nitrogens is 5. The third-order valence-corrected chi connectivity index (χ3v) is 7.72. The van der Waals surface area contributed by atoms with Crippen LogP contribution in [-0.2, 0) is 12.1 Å². The number of nitrogens with zero attached hydrogens (tertiary/aromatic N) is 5. The van der Waals surface area contributed by atoms with Crippen LogP contribution in [-0.4, -0.2) is 48.3 Å². The summed E-state index contributed by atoms with van der Waals surface area (Å²) in [5, 5.41) is 24.1. The molecule has 0 bridgehead atoms. The summed E-state index contributed by atoms with van der Waals surface area (Å²) < 4.78 is 2.06. The van der Waals surface area contributed by atoms with E-state index in [0.717, 1.165) is 60.8 Å². The van der Waals surface area contributed by atoms with Crippen LogP contribution in [0.4, 0.5) is 0 Å². The van der Waals surface area contributed by atoms with Crippen LogP contribution in [0.5, 0.6) is 0 Å². The van der Waals surface area contributed by atoms with Gasteiger partial charge >= 0.3 is 0 Å². The molecule has 2 aromatic heterocycles. The molecule has 0 atom stereocenters. The first-order chi connectivity index (χ1) is 16.0. The summed E-state index contributed by atoms with van der Waals surface area (Å²) in [5.74, 6) is 0.907. The average Bonchev–Trinajstić information content (AvgIpc) is 3.55. The molecule has 176 valence electrons. The standard InChI is InChI=1S/C25H34N6O2/c1-17-13-18(2)22-19(14-17)15-20(23(33)26-22)16-30(11-12-32)25(9-5-6-10-25)24-27-28-29-31(24)21-7-3-4-8-21/h13-15,21,32H,3-12,16H2,1-2H3,(H,26,33). The number of rotatable bonds is 7. The summed E-state index contributed by atoms with van der Waals surface area (Å²) in [4.78, 5) is 18.5. The van der Waals surface area contributed by atoms with E-state index in [9.17, 15) is 9.90 Å². The number of hydrogen-bond donors (Lipinski definition) is 2. The zero-order chi connectivity index (χ0) is 23.0. The van der Waals surface area contributed by atoms with E-state index in [1.807, 2.05) is 13.0 Å². The topological polar surface area (TPSA) is 99.9 Å². The second-order valence-corrected chi connectivity index (χ2v) is 9.94. The molecule has 2 aliphatic rings. The summed E-state index contributed by atoms with van der Waals surface area (Å²) in [6.45, 7) is 5.06. The van der Waals surface area contributed by atoms with Crippen molar-refractivity contribution in [2.24, 2.45) is 0 Å². The molecule has 2 saturated carbocycles. The van der Waals surface area contributed by atoms with E-state index in [0.29, 0.717) is 24.7 Å². The second kappa shape index (κ2) is 8.99. The number of fused-ring (bicyclic) bond motifs is 1. The number of tetrazole rings is 1. The van der Waals surface area contributed by atoms with Crippen molar-refractivity contribution in [3.05, 3.63) is 51.1 Å². The Morgan fingerprint density at radius 2 is 1.91 bits per heavy atom. The number of H-pyrrole nitrogens is 1. The van der Waals surface area contributed by atoms with Gasteiger partial charge in [-0.25, -0.2) is 4.68 Å². The highest BCUT2D eigenvalue weighted by atomic mass is 16.3. The molecule has 2 N–H and O–H groups in total. The molecule has 5 rings (SSSR count). The summed E-state index contributed by atoms with van der Waals surface area (Å²) in [6.07, 6.45) is 8.69. The van der Waals surface area contributed by atoms with Gasteiger partial charge in [-0.2, -0.15) is 0 Å². The van der Waals surface area contributed by atoms with Gasteiger partial charge in [0.05, 0.1) is 23.7 Å². The molecule has 3 aromatic rings. The van der Waals surface area contributed by atoms with E-state index in [2.05, 4.69) is 49.1 Å². The Morgan fingerprint density at radius 1 is 1.15 bits per heavy atom. The molecular weight excluding hydrogens is 416 g/mol. The largest absolute Gasteiger partial charge is 0.395 e. The van der Waals surface area contributed by atoms with Crippen LogP contribution >= 0.6 is 0 Å². The second-order valence-electron chi connectivity index (χ2n) is 9.94. The molecule has 0 unspecified atom stereocenters. The highest BCUT2D eigenvalue weighted by Crippen LogP contribution is 2.45. The average molecular weight is 451 g/mol. The van der Waals surface area contributed by atoms with Crippen molar-refractivity contribution in [1.29, 1.82) is 0 Å². The predicted molar refractivity (Wildman–Crippen MR) is 127 cm³/mol. The Labute approximate surface area is 194 Å². The highest BCUT2D eigenvalue weighted by Gasteiger charge is 2.46. The van der Waals surface area contributed by atoms with Gasteiger partial charge in [0, 0.05) is 18.7 Å². The van der Waals surface area contributed by atoms with Crippen molar-refractivity contribution in [3.63, 3.8) is 0 Å². The van der Waals surface area contributed by atoms with Gasteiger partial charge in [0.25, 0.3) is 5.56 Å². The number of aromatic amines is 1. The van der Waals surface area contributed by atoms with Crippen molar-refractivity contribution in [2.75, 3.05) is 13.2 Å². The van der Waals surface area contributed by atoms with E-state index in [1.54, 1.807) is 0 Å². The van der Waals surface area contributed by atoms with Gasteiger partial charge in [-0.1, -0.05) is 37.3 Å². The van der Waals surface area contributed by atoms with Crippen LogP contribution in [0.1, 0.15) is 79.9 Å². The highest BCUT2D eigenvalue weighted by molar-refractivity contribution is 5.82. The number of benzene rings is 1. The SMILES string of the molecule is Cc1cc(C)c2[nH]c(=O)c(CN(CCO)C3(c4nnnn4C4CCCC4)CCCC3)cc2c1. The third-order valence-electron chi connectivity index (χ3n) is 7.72. The number of nitrogens with one attached hydrogen (secondary N) is 1. The van der Waals surface area contributed by atoms with Crippen molar-refractivity contribution in [1.82, 2.24) is 30.1 Å². The first-order valence-electron chi connectivity index (χ1n) is 12.3. The smallest absolute Gasteiger partial charge is 0.252 e. The van der Waals surface area contributed by atoms with Gasteiger partial charge in [0.1, 0.15) is 0 Å². The van der Waals surface area contributed by atoms with Crippen molar-refractivity contribution >= 4 is 10.9 Å². The van der Waals surface area contributed by atoms with E-state index in [1.165, 1.54) is 18.4 Å². The lowest BCUT2D eigenvalue weighted by atomic mass is 9.92. The molecule has 2 aliphatic carbocycles. The number of aryl methyl sites for hydroxylation is 2. The molecule has 0 aliphatic heterocycles. The summed E-state index contributed by atoms with van der Waals surface area (Å²) in [5.41, 5.74) is 3.42. The minimum Gasteiger partial charge on any atom is -0.395 e. The quantitative estimate of drug-likeness (QED) is 0.571. The van der Waals surface area contributed by atoms with Crippen LogP contribution in [0.3, 0.4) is 0 Å². The molecule has 33 heavy (non-hydrogen) atoms. The molecule has 1 aromatic carbocycles. The lowest BCUT2D eigenvalue weighted by molar-refractivity contribution is 0.0479. The van der Waals surface area contributed by atoms with E-state index < -0.39 is 0 Å². The molecule has 2 heterocycles. The van der Waals surface area contributed by atoms with Crippen molar-refractivity contribution in [2.45, 2.75) is 83.3 Å². The Morgan fingerprint density at radius 3 is 2.64 bits per heavy atom. The summed E-state index contributed by atoms with van der Waals surface area (Å²) in [7, 11) is 0. The molecular formula is C25H34N6O2. The van der Waals surface area contributed by atoms with Gasteiger partial charge < -0.3 is 10.1 Å². The number of aliphatic hydroxyl groups is 1.